The van der Waals surface area contributed by atoms with Gasteiger partial charge in [-0.05, 0) is 18.6 Å². The van der Waals surface area contributed by atoms with E-state index < -0.39 is 0 Å². The number of phenols is 1. The molecule has 0 aliphatic carbocycles. The molecule has 0 aliphatic heterocycles. The van der Waals surface area contributed by atoms with E-state index in [1.807, 2.05) is 19.1 Å². The Morgan fingerprint density at radius 2 is 2.20 bits per heavy atom. The SMILES string of the molecule is CCc1ncc(-c2ccc(C)c(O)c2)[nH]1. The molecule has 15 heavy (non-hydrogen) atoms. The van der Waals surface area contributed by atoms with E-state index in [9.17, 15) is 5.11 Å². The topological polar surface area (TPSA) is 48.9 Å². The molecule has 0 bridgehead atoms. The number of aromatic nitrogens is 2. The molecule has 3 heteroatoms. The third-order valence-electron chi connectivity index (χ3n) is 2.48. The second kappa shape index (κ2) is 3.77. The molecular formula is C12H14N2O. The summed E-state index contributed by atoms with van der Waals surface area (Å²) in [6.07, 6.45) is 2.68. The first-order chi connectivity index (χ1) is 7.20. The van der Waals surface area contributed by atoms with E-state index in [0.29, 0.717) is 5.75 Å². The van der Waals surface area contributed by atoms with Gasteiger partial charge in [0.25, 0.3) is 0 Å². The van der Waals surface area contributed by atoms with Crippen molar-refractivity contribution in [1.29, 1.82) is 0 Å². The molecule has 0 saturated carbocycles. The zero-order valence-corrected chi connectivity index (χ0v) is 8.91. The first-order valence-electron chi connectivity index (χ1n) is 5.04. The van der Waals surface area contributed by atoms with Gasteiger partial charge in [0, 0.05) is 12.0 Å². The third-order valence-corrected chi connectivity index (χ3v) is 2.48. The second-order valence-electron chi connectivity index (χ2n) is 3.60. The van der Waals surface area contributed by atoms with Crippen molar-refractivity contribution in [3.8, 4) is 17.0 Å². The summed E-state index contributed by atoms with van der Waals surface area (Å²) in [4.78, 5) is 7.43. The first kappa shape index (κ1) is 9.77. The van der Waals surface area contributed by atoms with Crippen LogP contribution in [0, 0.1) is 6.92 Å². The van der Waals surface area contributed by atoms with Gasteiger partial charge in [0.05, 0.1) is 11.9 Å². The van der Waals surface area contributed by atoms with Crippen molar-refractivity contribution in [2.45, 2.75) is 20.3 Å². The minimum Gasteiger partial charge on any atom is -0.508 e. The minimum absolute atomic E-state index is 0.320. The van der Waals surface area contributed by atoms with Crippen molar-refractivity contribution in [3.63, 3.8) is 0 Å². The van der Waals surface area contributed by atoms with Crippen LogP contribution in [0.1, 0.15) is 18.3 Å². The van der Waals surface area contributed by atoms with E-state index in [4.69, 9.17) is 0 Å². The molecule has 1 aromatic carbocycles. The number of nitrogens with zero attached hydrogens (tertiary/aromatic N) is 1. The number of nitrogens with one attached hydrogen (secondary N) is 1. The van der Waals surface area contributed by atoms with E-state index in [1.54, 1.807) is 12.3 Å². The van der Waals surface area contributed by atoms with Crippen molar-refractivity contribution in [2.75, 3.05) is 0 Å². The van der Waals surface area contributed by atoms with E-state index in [1.165, 1.54) is 0 Å². The lowest BCUT2D eigenvalue weighted by atomic mass is 10.1. The normalized spacial score (nSPS) is 10.5. The standard InChI is InChI=1S/C12H14N2O/c1-3-12-13-7-10(14-12)9-5-4-8(2)11(15)6-9/h4-7,15H,3H2,1-2H3,(H,13,14). The number of hydrogen-bond acceptors (Lipinski definition) is 2. The molecule has 0 radical (unpaired) electrons. The lowest BCUT2D eigenvalue weighted by Crippen LogP contribution is -1.83. The summed E-state index contributed by atoms with van der Waals surface area (Å²) in [5, 5.41) is 9.59. The number of rotatable bonds is 2. The lowest BCUT2D eigenvalue weighted by molar-refractivity contribution is 0.471. The highest BCUT2D eigenvalue weighted by Gasteiger charge is 2.04. The number of aromatic hydroxyl groups is 1. The van der Waals surface area contributed by atoms with E-state index in [2.05, 4.69) is 16.9 Å². The van der Waals surface area contributed by atoms with Crippen LogP contribution in [0.3, 0.4) is 0 Å². The summed E-state index contributed by atoms with van der Waals surface area (Å²) >= 11 is 0. The maximum atomic E-state index is 9.59. The Hall–Kier alpha value is -1.77. The molecule has 78 valence electrons. The molecule has 0 fully saturated rings. The first-order valence-corrected chi connectivity index (χ1v) is 5.04. The van der Waals surface area contributed by atoms with E-state index in [-0.39, 0.29) is 0 Å². The Labute approximate surface area is 88.8 Å². The highest BCUT2D eigenvalue weighted by atomic mass is 16.3. The molecular weight excluding hydrogens is 188 g/mol. The van der Waals surface area contributed by atoms with Crippen LogP contribution in [0.25, 0.3) is 11.3 Å². The van der Waals surface area contributed by atoms with Crippen LogP contribution < -0.4 is 0 Å². The molecule has 0 atom stereocenters. The summed E-state index contributed by atoms with van der Waals surface area (Å²) < 4.78 is 0. The maximum absolute atomic E-state index is 9.59. The number of benzene rings is 1. The fourth-order valence-electron chi connectivity index (χ4n) is 1.47. The minimum atomic E-state index is 0.320. The molecule has 0 amide bonds. The Balaban J connectivity index is 2.40. The van der Waals surface area contributed by atoms with Gasteiger partial charge in [-0.1, -0.05) is 19.1 Å². The predicted octanol–water partition coefficient (Wildman–Crippen LogP) is 2.65. The van der Waals surface area contributed by atoms with Crippen LogP contribution in [0.5, 0.6) is 5.75 Å². The number of H-pyrrole nitrogens is 1. The quantitative estimate of drug-likeness (QED) is 0.786. The number of phenolic OH excluding ortho intramolecular Hbond substituents is 1. The van der Waals surface area contributed by atoms with E-state index >= 15 is 0 Å². The smallest absolute Gasteiger partial charge is 0.119 e. The van der Waals surface area contributed by atoms with Crippen LogP contribution in [0.4, 0.5) is 0 Å². The Kier molecular flexibility index (Phi) is 2.46. The fraction of sp³-hybridized carbons (Fsp3) is 0.250. The van der Waals surface area contributed by atoms with Crippen molar-refractivity contribution in [3.05, 3.63) is 35.8 Å². The monoisotopic (exact) mass is 202 g/mol. The lowest BCUT2D eigenvalue weighted by Gasteiger charge is -2.01. The average Bonchev–Trinajstić information content (AvgIpc) is 2.70. The van der Waals surface area contributed by atoms with Crippen molar-refractivity contribution in [1.82, 2.24) is 9.97 Å². The third kappa shape index (κ3) is 1.86. The zero-order chi connectivity index (χ0) is 10.8. The van der Waals surface area contributed by atoms with Crippen LogP contribution in [-0.2, 0) is 6.42 Å². The number of aryl methyl sites for hydroxylation is 2. The summed E-state index contributed by atoms with van der Waals surface area (Å²) in [6.45, 7) is 3.93. The highest BCUT2D eigenvalue weighted by Crippen LogP contribution is 2.24. The van der Waals surface area contributed by atoms with Crippen LogP contribution in [0.15, 0.2) is 24.4 Å². The zero-order valence-electron chi connectivity index (χ0n) is 8.91. The summed E-state index contributed by atoms with van der Waals surface area (Å²) in [5.74, 6) is 1.28. The van der Waals surface area contributed by atoms with Gasteiger partial charge in [0.15, 0.2) is 0 Å². The van der Waals surface area contributed by atoms with Gasteiger partial charge in [-0.2, -0.15) is 0 Å². The Bertz CT molecular complexity index is 474. The largest absolute Gasteiger partial charge is 0.508 e. The van der Waals surface area contributed by atoms with Gasteiger partial charge in [0.1, 0.15) is 11.6 Å². The van der Waals surface area contributed by atoms with Crippen molar-refractivity contribution < 1.29 is 5.11 Å². The molecule has 0 spiro atoms. The summed E-state index contributed by atoms with van der Waals surface area (Å²) in [5.41, 5.74) is 2.79. The molecule has 3 nitrogen and oxygen atoms in total. The van der Waals surface area contributed by atoms with Crippen LogP contribution in [0.2, 0.25) is 0 Å². The Morgan fingerprint density at radius 1 is 1.40 bits per heavy atom. The number of aromatic amines is 1. The number of hydrogen-bond donors (Lipinski definition) is 2. The van der Waals surface area contributed by atoms with Crippen LogP contribution in [-0.4, -0.2) is 15.1 Å². The Morgan fingerprint density at radius 3 is 2.80 bits per heavy atom. The fourth-order valence-corrected chi connectivity index (χ4v) is 1.47. The molecule has 1 heterocycles. The summed E-state index contributed by atoms with van der Waals surface area (Å²) in [6, 6.07) is 5.63. The number of imidazole rings is 1. The van der Waals surface area contributed by atoms with Crippen LogP contribution >= 0.6 is 0 Å². The van der Waals surface area contributed by atoms with Gasteiger partial charge >= 0.3 is 0 Å². The molecule has 2 rings (SSSR count). The second-order valence-corrected chi connectivity index (χ2v) is 3.60. The van der Waals surface area contributed by atoms with E-state index in [0.717, 1.165) is 29.1 Å². The molecule has 2 N–H and O–H groups in total. The average molecular weight is 202 g/mol. The van der Waals surface area contributed by atoms with Gasteiger partial charge in [-0.3, -0.25) is 0 Å². The molecule has 0 unspecified atom stereocenters. The highest BCUT2D eigenvalue weighted by molar-refractivity contribution is 5.61. The molecule has 2 aromatic rings. The molecule has 0 aliphatic rings. The van der Waals surface area contributed by atoms with Gasteiger partial charge in [-0.25, -0.2) is 4.98 Å². The van der Waals surface area contributed by atoms with Crippen molar-refractivity contribution in [2.24, 2.45) is 0 Å². The molecule has 1 aromatic heterocycles. The maximum Gasteiger partial charge on any atom is 0.119 e. The predicted molar refractivity (Wildman–Crippen MR) is 59.8 cm³/mol. The van der Waals surface area contributed by atoms with Gasteiger partial charge in [-0.15, -0.1) is 0 Å². The molecule has 0 saturated heterocycles. The van der Waals surface area contributed by atoms with Gasteiger partial charge < -0.3 is 10.1 Å². The summed E-state index contributed by atoms with van der Waals surface area (Å²) in [7, 11) is 0. The van der Waals surface area contributed by atoms with Gasteiger partial charge in [0.2, 0.25) is 0 Å². The van der Waals surface area contributed by atoms with Crippen molar-refractivity contribution >= 4 is 0 Å².